The zero-order valence-electron chi connectivity index (χ0n) is 13.0. The minimum absolute atomic E-state index is 0.138. The molecule has 0 aliphatic heterocycles. The molecule has 0 atom stereocenters. The van der Waals surface area contributed by atoms with Gasteiger partial charge in [0.05, 0.1) is 10.7 Å². The van der Waals surface area contributed by atoms with Gasteiger partial charge in [-0.2, -0.15) is 0 Å². The second-order valence-electron chi connectivity index (χ2n) is 5.04. The van der Waals surface area contributed by atoms with Gasteiger partial charge in [-0.25, -0.2) is 4.79 Å². The Morgan fingerprint density at radius 1 is 1.09 bits per heavy atom. The van der Waals surface area contributed by atoms with E-state index in [2.05, 4.69) is 10.6 Å². The number of benzene rings is 2. The number of carbonyl (C=O) groups excluding carboxylic acids is 2. The van der Waals surface area contributed by atoms with E-state index in [4.69, 9.17) is 11.6 Å². The summed E-state index contributed by atoms with van der Waals surface area (Å²) in [6, 6.07) is 13.9. The highest BCUT2D eigenvalue weighted by atomic mass is 35.5. The van der Waals surface area contributed by atoms with Crippen molar-refractivity contribution in [1.29, 1.82) is 0 Å². The van der Waals surface area contributed by atoms with Crippen molar-refractivity contribution in [2.45, 2.75) is 6.54 Å². The maximum absolute atomic E-state index is 12.2. The van der Waals surface area contributed by atoms with E-state index in [1.54, 1.807) is 50.5 Å². The van der Waals surface area contributed by atoms with Gasteiger partial charge < -0.3 is 15.5 Å². The van der Waals surface area contributed by atoms with Crippen LogP contribution in [0.4, 0.5) is 10.5 Å². The molecule has 0 bridgehead atoms. The van der Waals surface area contributed by atoms with Crippen LogP contribution in [0, 0.1) is 0 Å². The number of para-hydroxylation sites is 1. The molecule has 0 aromatic heterocycles. The first kappa shape index (κ1) is 16.8. The summed E-state index contributed by atoms with van der Waals surface area (Å²) in [4.78, 5) is 25.2. The molecule has 0 saturated heterocycles. The quantitative estimate of drug-likeness (QED) is 0.902. The molecule has 120 valence electrons. The number of carbonyl (C=O) groups is 2. The van der Waals surface area contributed by atoms with Crippen molar-refractivity contribution in [3.63, 3.8) is 0 Å². The lowest BCUT2D eigenvalue weighted by atomic mass is 10.1. The Morgan fingerprint density at radius 3 is 2.35 bits per heavy atom. The summed E-state index contributed by atoms with van der Waals surface area (Å²) in [7, 11) is 3.28. The Labute approximate surface area is 140 Å². The molecule has 0 fully saturated rings. The van der Waals surface area contributed by atoms with Crippen LogP contribution in [0.2, 0.25) is 5.02 Å². The van der Waals surface area contributed by atoms with Gasteiger partial charge in [-0.15, -0.1) is 0 Å². The highest BCUT2D eigenvalue weighted by Gasteiger charge is 2.11. The maximum Gasteiger partial charge on any atom is 0.321 e. The number of hydrogen-bond donors (Lipinski definition) is 2. The summed E-state index contributed by atoms with van der Waals surface area (Å²) in [5.41, 5.74) is 2.08. The topological polar surface area (TPSA) is 61.4 Å². The molecule has 0 saturated carbocycles. The molecule has 2 aromatic carbocycles. The van der Waals surface area contributed by atoms with E-state index < -0.39 is 0 Å². The Hall–Kier alpha value is -2.53. The Bertz CT molecular complexity index is 701. The van der Waals surface area contributed by atoms with E-state index in [1.165, 1.54) is 4.90 Å². The van der Waals surface area contributed by atoms with Gasteiger partial charge in [-0.05, 0) is 29.8 Å². The standard InChI is InChI=1S/C17H18ClN3O2/c1-19-16(22)13-9-7-12(8-10-13)11-21(2)17(23)20-15-6-4-3-5-14(15)18/h3-10H,11H2,1-2H3,(H,19,22)(H,20,23). The molecule has 0 aliphatic rings. The van der Waals surface area contributed by atoms with E-state index in [1.807, 2.05) is 12.1 Å². The molecule has 6 heteroatoms. The fraction of sp³-hybridized carbons (Fsp3) is 0.176. The first-order valence-corrected chi connectivity index (χ1v) is 7.46. The number of hydrogen-bond acceptors (Lipinski definition) is 2. The largest absolute Gasteiger partial charge is 0.355 e. The number of urea groups is 1. The summed E-state index contributed by atoms with van der Waals surface area (Å²) >= 11 is 6.02. The molecule has 0 unspecified atom stereocenters. The Kier molecular flexibility index (Phi) is 5.60. The molecule has 0 radical (unpaired) electrons. The molecule has 3 amide bonds. The van der Waals surface area contributed by atoms with E-state index >= 15 is 0 Å². The summed E-state index contributed by atoms with van der Waals surface area (Å²) in [6.07, 6.45) is 0. The van der Waals surface area contributed by atoms with Crippen molar-refractivity contribution >= 4 is 29.2 Å². The molecule has 0 aliphatic carbocycles. The second-order valence-corrected chi connectivity index (χ2v) is 5.45. The van der Waals surface area contributed by atoms with Gasteiger partial charge in [0.2, 0.25) is 0 Å². The first-order chi connectivity index (χ1) is 11.0. The highest BCUT2D eigenvalue weighted by Crippen LogP contribution is 2.20. The average molecular weight is 332 g/mol. The zero-order valence-corrected chi connectivity index (χ0v) is 13.7. The van der Waals surface area contributed by atoms with Gasteiger partial charge in [0.15, 0.2) is 0 Å². The highest BCUT2D eigenvalue weighted by molar-refractivity contribution is 6.33. The van der Waals surface area contributed by atoms with Crippen LogP contribution >= 0.6 is 11.6 Å². The maximum atomic E-state index is 12.2. The molecule has 2 rings (SSSR count). The van der Waals surface area contributed by atoms with Gasteiger partial charge in [0.25, 0.3) is 5.91 Å². The van der Waals surface area contributed by atoms with Crippen molar-refractivity contribution in [3.8, 4) is 0 Å². The van der Waals surface area contributed by atoms with Gasteiger partial charge in [-0.3, -0.25) is 4.79 Å². The van der Waals surface area contributed by atoms with E-state index in [-0.39, 0.29) is 11.9 Å². The lowest BCUT2D eigenvalue weighted by Gasteiger charge is -2.18. The van der Waals surface area contributed by atoms with Crippen molar-refractivity contribution in [1.82, 2.24) is 10.2 Å². The third-order valence-electron chi connectivity index (χ3n) is 3.33. The summed E-state index contributed by atoms with van der Waals surface area (Å²) in [6.45, 7) is 0.421. The van der Waals surface area contributed by atoms with Crippen LogP contribution in [0.5, 0.6) is 0 Å². The van der Waals surface area contributed by atoms with Crippen LogP contribution in [0.25, 0.3) is 0 Å². The number of anilines is 1. The van der Waals surface area contributed by atoms with Crippen LogP contribution in [0.3, 0.4) is 0 Å². The molecule has 2 aromatic rings. The normalized spacial score (nSPS) is 10.0. The second kappa shape index (κ2) is 7.65. The van der Waals surface area contributed by atoms with Crippen molar-refractivity contribution in [3.05, 3.63) is 64.7 Å². The van der Waals surface area contributed by atoms with E-state index in [0.717, 1.165) is 5.56 Å². The summed E-state index contributed by atoms with van der Waals surface area (Å²) < 4.78 is 0. The molecule has 2 N–H and O–H groups in total. The molecular formula is C17H18ClN3O2. The lowest BCUT2D eigenvalue weighted by molar-refractivity contribution is 0.0963. The van der Waals surface area contributed by atoms with Crippen LogP contribution in [-0.4, -0.2) is 30.9 Å². The lowest BCUT2D eigenvalue weighted by Crippen LogP contribution is -2.31. The van der Waals surface area contributed by atoms with Crippen LogP contribution in [0.1, 0.15) is 15.9 Å². The zero-order chi connectivity index (χ0) is 16.8. The predicted octanol–water partition coefficient (Wildman–Crippen LogP) is 3.36. The van der Waals surface area contributed by atoms with Crippen LogP contribution in [0.15, 0.2) is 48.5 Å². The third-order valence-corrected chi connectivity index (χ3v) is 3.65. The van der Waals surface area contributed by atoms with Gasteiger partial charge in [0.1, 0.15) is 0 Å². The predicted molar refractivity (Wildman–Crippen MR) is 91.8 cm³/mol. The fourth-order valence-electron chi connectivity index (χ4n) is 2.02. The SMILES string of the molecule is CNC(=O)c1ccc(CN(C)C(=O)Nc2ccccc2Cl)cc1. The monoisotopic (exact) mass is 331 g/mol. The number of rotatable bonds is 4. The average Bonchev–Trinajstić information content (AvgIpc) is 2.56. The smallest absolute Gasteiger partial charge is 0.321 e. The van der Waals surface area contributed by atoms with Gasteiger partial charge in [0, 0.05) is 26.2 Å². The van der Waals surface area contributed by atoms with Crippen molar-refractivity contribution in [2.75, 3.05) is 19.4 Å². The summed E-state index contributed by atoms with van der Waals surface area (Å²) in [5.74, 6) is -0.138. The van der Waals surface area contributed by atoms with Crippen LogP contribution < -0.4 is 10.6 Å². The van der Waals surface area contributed by atoms with E-state index in [0.29, 0.717) is 22.8 Å². The molecule has 0 spiro atoms. The van der Waals surface area contributed by atoms with Gasteiger partial charge >= 0.3 is 6.03 Å². The van der Waals surface area contributed by atoms with Crippen LogP contribution in [-0.2, 0) is 6.54 Å². The van der Waals surface area contributed by atoms with Gasteiger partial charge in [-0.1, -0.05) is 35.9 Å². The minimum atomic E-state index is -0.256. The number of nitrogens with one attached hydrogen (secondary N) is 2. The summed E-state index contributed by atoms with van der Waals surface area (Å²) in [5, 5.41) is 5.82. The first-order valence-electron chi connectivity index (χ1n) is 7.09. The minimum Gasteiger partial charge on any atom is -0.355 e. The number of halogens is 1. The van der Waals surface area contributed by atoms with Crippen molar-refractivity contribution in [2.24, 2.45) is 0 Å². The molecular weight excluding hydrogens is 314 g/mol. The molecule has 5 nitrogen and oxygen atoms in total. The van der Waals surface area contributed by atoms with E-state index in [9.17, 15) is 9.59 Å². The fourth-order valence-corrected chi connectivity index (χ4v) is 2.21. The number of amides is 3. The number of nitrogens with zero attached hydrogens (tertiary/aromatic N) is 1. The Balaban J connectivity index is 1.98. The molecule has 0 heterocycles. The third kappa shape index (κ3) is 4.47. The Morgan fingerprint density at radius 2 is 1.74 bits per heavy atom. The van der Waals surface area contributed by atoms with Crippen molar-refractivity contribution < 1.29 is 9.59 Å². The molecule has 23 heavy (non-hydrogen) atoms.